The van der Waals surface area contributed by atoms with E-state index in [0.29, 0.717) is 12.0 Å². The third kappa shape index (κ3) is 3.90. The summed E-state index contributed by atoms with van der Waals surface area (Å²) >= 11 is 0. The Hall–Kier alpha value is -3.08. The van der Waals surface area contributed by atoms with Crippen LogP contribution in [0.4, 0.5) is 18.0 Å². The second-order valence-corrected chi connectivity index (χ2v) is 6.75. The van der Waals surface area contributed by atoms with Crippen LogP contribution in [-0.2, 0) is 6.54 Å². The molecule has 1 N–H and O–H groups in total. The van der Waals surface area contributed by atoms with Gasteiger partial charge in [0.1, 0.15) is 23.4 Å². The molecule has 1 aromatic heterocycles. The van der Waals surface area contributed by atoms with Crippen LogP contribution in [0.1, 0.15) is 23.7 Å². The van der Waals surface area contributed by atoms with E-state index >= 15 is 0 Å². The summed E-state index contributed by atoms with van der Waals surface area (Å²) in [5.41, 5.74) is 0.431. The average Bonchev–Trinajstić information content (AvgIpc) is 3.24. The summed E-state index contributed by atoms with van der Waals surface area (Å²) in [6, 6.07) is 1.32. The van der Waals surface area contributed by atoms with Crippen molar-refractivity contribution in [3.63, 3.8) is 0 Å². The molecule has 0 bridgehead atoms. The molecule has 1 unspecified atom stereocenters. The van der Waals surface area contributed by atoms with Crippen molar-refractivity contribution in [3.8, 4) is 6.08 Å². The molecule has 29 heavy (non-hydrogen) atoms. The van der Waals surface area contributed by atoms with Crippen LogP contribution in [0.2, 0.25) is 0 Å². The van der Waals surface area contributed by atoms with E-state index in [9.17, 15) is 18.0 Å². The third-order valence-corrected chi connectivity index (χ3v) is 4.66. The molecule has 2 amide bonds. The fraction of sp³-hybridized carbons (Fsp3) is 0.389. The maximum absolute atomic E-state index is 13.6. The van der Waals surface area contributed by atoms with Crippen LogP contribution in [0, 0.1) is 17.6 Å². The van der Waals surface area contributed by atoms with Gasteiger partial charge in [0.15, 0.2) is 0 Å². The van der Waals surface area contributed by atoms with Crippen molar-refractivity contribution in [2.45, 2.75) is 25.1 Å². The maximum Gasteiger partial charge on any atom is 0.396 e. The van der Waals surface area contributed by atoms with Gasteiger partial charge in [0.05, 0.1) is 19.1 Å². The number of ether oxygens (including phenoxy) is 1. The quantitative estimate of drug-likeness (QED) is 0.820. The van der Waals surface area contributed by atoms with Gasteiger partial charge in [-0.2, -0.15) is 14.5 Å². The molecule has 0 spiro atoms. The van der Waals surface area contributed by atoms with Gasteiger partial charge in [-0.15, -0.1) is 0 Å². The Labute approximate surface area is 163 Å². The highest BCUT2D eigenvalue weighted by molar-refractivity contribution is 5.79. The number of likely N-dealkylation sites (tertiary alicyclic amines) is 1. The van der Waals surface area contributed by atoms with Crippen LogP contribution >= 0.6 is 0 Å². The van der Waals surface area contributed by atoms with E-state index in [1.54, 1.807) is 7.05 Å². The molecule has 2 aliphatic rings. The van der Waals surface area contributed by atoms with Gasteiger partial charge in [0.25, 0.3) is 0 Å². The number of hydrogen-bond donors (Lipinski definition) is 1. The normalized spacial score (nSPS) is 19.0. The SMILES string of the molecule is CNCc1nc(OC2CN(C(=O)N3N=CCC3c3cc(F)cc(F)c3)C2)oc1F. The molecule has 11 heteroatoms. The van der Waals surface area contributed by atoms with Crippen LogP contribution in [0.15, 0.2) is 27.7 Å². The van der Waals surface area contributed by atoms with Crippen molar-refractivity contribution in [3.05, 3.63) is 47.1 Å². The fourth-order valence-electron chi connectivity index (χ4n) is 3.24. The Kier molecular flexibility index (Phi) is 5.14. The first-order valence-corrected chi connectivity index (χ1v) is 8.97. The number of benzene rings is 1. The molecule has 0 radical (unpaired) electrons. The first-order chi connectivity index (χ1) is 13.9. The number of aromatic nitrogens is 1. The van der Waals surface area contributed by atoms with Crippen LogP contribution < -0.4 is 10.1 Å². The topological polar surface area (TPSA) is 83.2 Å². The molecule has 1 atom stereocenters. The lowest BCUT2D eigenvalue weighted by molar-refractivity contribution is 0.00910. The zero-order chi connectivity index (χ0) is 20.5. The highest BCUT2D eigenvalue weighted by Crippen LogP contribution is 2.31. The lowest BCUT2D eigenvalue weighted by Gasteiger charge is -2.40. The van der Waals surface area contributed by atoms with Gasteiger partial charge in [-0.1, -0.05) is 0 Å². The van der Waals surface area contributed by atoms with Gasteiger partial charge in [-0.05, 0) is 24.7 Å². The van der Waals surface area contributed by atoms with Gasteiger partial charge in [0.2, 0.25) is 0 Å². The first-order valence-electron chi connectivity index (χ1n) is 8.97. The monoisotopic (exact) mass is 409 g/mol. The minimum absolute atomic E-state index is 0.103. The third-order valence-electron chi connectivity index (χ3n) is 4.66. The highest BCUT2D eigenvalue weighted by atomic mass is 19.1. The number of carbonyl (C=O) groups is 1. The van der Waals surface area contributed by atoms with E-state index in [0.717, 1.165) is 6.07 Å². The predicted molar refractivity (Wildman–Crippen MR) is 94.7 cm³/mol. The molecule has 8 nitrogen and oxygen atoms in total. The maximum atomic E-state index is 13.6. The average molecular weight is 409 g/mol. The summed E-state index contributed by atoms with van der Waals surface area (Å²) in [5.74, 6) is -1.43. The number of halogens is 3. The molecule has 4 rings (SSSR count). The number of rotatable bonds is 5. The second kappa shape index (κ2) is 7.74. The molecule has 1 fully saturated rings. The molecule has 0 aliphatic carbocycles. The number of nitrogens with zero attached hydrogens (tertiary/aromatic N) is 4. The molecular formula is C18H18F3N5O3. The largest absolute Gasteiger partial charge is 0.443 e. The first kappa shape index (κ1) is 19.2. The van der Waals surface area contributed by atoms with E-state index in [-0.39, 0.29) is 31.4 Å². The van der Waals surface area contributed by atoms with Crippen LogP contribution in [-0.4, -0.2) is 53.4 Å². The molecule has 154 valence electrons. The summed E-state index contributed by atoms with van der Waals surface area (Å²) in [7, 11) is 1.65. The number of urea groups is 1. The van der Waals surface area contributed by atoms with E-state index < -0.39 is 35.8 Å². The van der Waals surface area contributed by atoms with Crippen LogP contribution in [0.5, 0.6) is 6.08 Å². The molecule has 0 saturated carbocycles. The van der Waals surface area contributed by atoms with Crippen molar-refractivity contribution in [1.82, 2.24) is 20.2 Å². The van der Waals surface area contributed by atoms with Gasteiger partial charge in [-0.3, -0.25) is 0 Å². The summed E-state index contributed by atoms with van der Waals surface area (Å²) in [6.45, 7) is 0.643. The van der Waals surface area contributed by atoms with Crippen LogP contribution in [0.3, 0.4) is 0 Å². The molecular weight excluding hydrogens is 391 g/mol. The van der Waals surface area contributed by atoms with Crippen molar-refractivity contribution in [2.75, 3.05) is 20.1 Å². The lowest BCUT2D eigenvalue weighted by atomic mass is 10.0. The van der Waals surface area contributed by atoms with E-state index in [4.69, 9.17) is 9.15 Å². The van der Waals surface area contributed by atoms with Crippen molar-refractivity contribution in [2.24, 2.45) is 5.10 Å². The second-order valence-electron chi connectivity index (χ2n) is 6.75. The Balaban J connectivity index is 1.36. The predicted octanol–water partition coefficient (Wildman–Crippen LogP) is 2.43. The van der Waals surface area contributed by atoms with Crippen LogP contribution in [0.25, 0.3) is 0 Å². The minimum atomic E-state index is -0.821. The minimum Gasteiger partial charge on any atom is -0.443 e. The molecule has 3 heterocycles. The molecule has 1 aromatic carbocycles. The molecule has 1 saturated heterocycles. The van der Waals surface area contributed by atoms with Crippen molar-refractivity contribution in [1.29, 1.82) is 0 Å². The highest BCUT2D eigenvalue weighted by Gasteiger charge is 2.39. The van der Waals surface area contributed by atoms with Crippen molar-refractivity contribution < 1.29 is 27.1 Å². The standard InChI is InChI=1S/C18H18F3N5O3/c1-22-7-14-16(21)29-17(24-14)28-13-8-25(9-13)18(27)26-15(2-3-23-26)10-4-11(19)6-12(20)5-10/h3-6,13,15,22H,2,7-9H2,1H3. The van der Waals surface area contributed by atoms with Gasteiger partial charge in [-0.25, -0.2) is 18.6 Å². The Morgan fingerprint density at radius 3 is 2.69 bits per heavy atom. The number of oxazole rings is 1. The van der Waals surface area contributed by atoms with E-state index in [1.807, 2.05) is 0 Å². The fourth-order valence-corrected chi connectivity index (χ4v) is 3.24. The number of amides is 2. The van der Waals surface area contributed by atoms with E-state index in [2.05, 4.69) is 15.4 Å². The van der Waals surface area contributed by atoms with Gasteiger partial charge in [0, 0.05) is 25.2 Å². The van der Waals surface area contributed by atoms with Gasteiger partial charge >= 0.3 is 18.1 Å². The van der Waals surface area contributed by atoms with E-state index in [1.165, 1.54) is 28.3 Å². The summed E-state index contributed by atoms with van der Waals surface area (Å²) in [6.07, 6.45) is 1.28. The number of hydrazone groups is 1. The summed E-state index contributed by atoms with van der Waals surface area (Å²) in [5, 5.41) is 8.00. The Bertz CT molecular complexity index is 925. The lowest BCUT2D eigenvalue weighted by Crippen LogP contribution is -2.58. The Morgan fingerprint density at radius 1 is 1.28 bits per heavy atom. The zero-order valence-corrected chi connectivity index (χ0v) is 15.4. The Morgan fingerprint density at radius 2 is 2.00 bits per heavy atom. The number of carbonyl (C=O) groups excluding carboxylic acids is 1. The number of hydrogen-bond acceptors (Lipinski definition) is 6. The smallest absolute Gasteiger partial charge is 0.396 e. The zero-order valence-electron chi connectivity index (χ0n) is 15.4. The summed E-state index contributed by atoms with van der Waals surface area (Å²) < 4.78 is 50.9. The van der Waals surface area contributed by atoms with Gasteiger partial charge < -0.3 is 19.4 Å². The summed E-state index contributed by atoms with van der Waals surface area (Å²) in [4.78, 5) is 18.1. The van der Waals surface area contributed by atoms with Crippen molar-refractivity contribution >= 4 is 12.2 Å². The molecule has 2 aliphatic heterocycles. The molecule has 2 aromatic rings. The number of nitrogens with one attached hydrogen (secondary N) is 1.